The van der Waals surface area contributed by atoms with Crippen LogP contribution < -0.4 is 10.6 Å². The maximum atomic E-state index is 12.7. The van der Waals surface area contributed by atoms with Crippen molar-refractivity contribution in [2.45, 2.75) is 45.2 Å². The average molecular weight is 301 g/mol. The van der Waals surface area contributed by atoms with Crippen molar-refractivity contribution in [3.05, 3.63) is 18.5 Å². The Morgan fingerprint density at radius 1 is 1.35 bits per heavy atom. The number of carbonyl (C=O) groups excluding carboxylic acids is 1. The van der Waals surface area contributed by atoms with E-state index in [-0.39, 0.29) is 24.4 Å². The van der Waals surface area contributed by atoms with Gasteiger partial charge in [0.25, 0.3) is 0 Å². The molecule has 1 atom stereocenters. The van der Waals surface area contributed by atoms with Crippen molar-refractivity contribution in [3.63, 3.8) is 0 Å². The maximum Gasteiger partial charge on any atom is 0.248 e. The molecule has 1 aromatic rings. The molecule has 1 unspecified atom stereocenters. The van der Waals surface area contributed by atoms with Crippen LogP contribution >= 0.6 is 12.4 Å². The van der Waals surface area contributed by atoms with E-state index in [4.69, 9.17) is 0 Å². The van der Waals surface area contributed by atoms with Crippen molar-refractivity contribution in [2.24, 2.45) is 5.92 Å². The van der Waals surface area contributed by atoms with Gasteiger partial charge >= 0.3 is 0 Å². The molecule has 5 nitrogen and oxygen atoms in total. The molecular formula is C14H25ClN4O. The van der Waals surface area contributed by atoms with Gasteiger partial charge in [0.2, 0.25) is 5.91 Å². The molecule has 114 valence electrons. The van der Waals surface area contributed by atoms with Gasteiger partial charge in [-0.2, -0.15) is 5.10 Å². The third-order valence-corrected chi connectivity index (χ3v) is 4.16. The molecule has 0 bridgehead atoms. The first-order chi connectivity index (χ1) is 9.06. The van der Waals surface area contributed by atoms with Gasteiger partial charge in [-0.3, -0.25) is 9.48 Å². The number of piperidine rings is 1. The minimum absolute atomic E-state index is 0. The summed E-state index contributed by atoms with van der Waals surface area (Å²) in [6, 6.07) is 2.05. The molecule has 0 aliphatic carbocycles. The Hall–Kier alpha value is -1.07. The standard InChI is InChI=1S/C14H24N4O.ClH/c1-11(2)12(3)17-13(19)14(5-8-15-9-6-14)18-10-4-7-16-18;/h4,7,10-12,15H,5-6,8-9H2,1-3H3,(H,17,19);1H. The minimum Gasteiger partial charge on any atom is -0.351 e. The summed E-state index contributed by atoms with van der Waals surface area (Å²) in [5.74, 6) is 0.527. The molecule has 2 N–H and O–H groups in total. The van der Waals surface area contributed by atoms with Gasteiger partial charge in [0, 0.05) is 18.4 Å². The zero-order valence-electron chi connectivity index (χ0n) is 12.4. The molecule has 0 radical (unpaired) electrons. The minimum atomic E-state index is -0.530. The van der Waals surface area contributed by atoms with E-state index in [1.807, 2.05) is 16.9 Å². The number of rotatable bonds is 4. The molecule has 0 aromatic carbocycles. The number of carbonyl (C=O) groups is 1. The Kier molecular flexibility index (Phi) is 6.02. The lowest BCUT2D eigenvalue weighted by molar-refractivity contribution is -0.133. The summed E-state index contributed by atoms with van der Waals surface area (Å²) in [6.45, 7) is 8.00. The third kappa shape index (κ3) is 3.33. The van der Waals surface area contributed by atoms with Crippen molar-refractivity contribution in [3.8, 4) is 0 Å². The van der Waals surface area contributed by atoms with E-state index in [2.05, 4.69) is 36.5 Å². The topological polar surface area (TPSA) is 59.0 Å². The molecule has 0 saturated carbocycles. The lowest BCUT2D eigenvalue weighted by Crippen LogP contribution is -2.56. The highest BCUT2D eigenvalue weighted by Gasteiger charge is 2.42. The normalized spacial score (nSPS) is 19.2. The van der Waals surface area contributed by atoms with E-state index in [0.717, 1.165) is 25.9 Å². The van der Waals surface area contributed by atoms with Gasteiger partial charge in [-0.15, -0.1) is 12.4 Å². The number of nitrogens with one attached hydrogen (secondary N) is 2. The van der Waals surface area contributed by atoms with Crippen LogP contribution in [0.25, 0.3) is 0 Å². The average Bonchev–Trinajstić information content (AvgIpc) is 2.93. The number of hydrogen-bond donors (Lipinski definition) is 2. The fourth-order valence-electron chi connectivity index (χ4n) is 2.43. The van der Waals surface area contributed by atoms with E-state index in [1.54, 1.807) is 6.20 Å². The summed E-state index contributed by atoms with van der Waals surface area (Å²) in [6.07, 6.45) is 5.20. The molecular weight excluding hydrogens is 276 g/mol. The Bertz CT molecular complexity index is 413. The first kappa shape index (κ1) is 17.0. The zero-order chi connectivity index (χ0) is 13.9. The van der Waals surface area contributed by atoms with Gasteiger partial charge in [-0.25, -0.2) is 0 Å². The van der Waals surface area contributed by atoms with E-state index in [9.17, 15) is 4.79 Å². The van der Waals surface area contributed by atoms with Crippen LogP contribution in [0.1, 0.15) is 33.6 Å². The maximum absolute atomic E-state index is 12.7. The number of amides is 1. The summed E-state index contributed by atoms with van der Waals surface area (Å²) in [5.41, 5.74) is -0.530. The third-order valence-electron chi connectivity index (χ3n) is 4.16. The summed E-state index contributed by atoms with van der Waals surface area (Å²) in [7, 11) is 0. The van der Waals surface area contributed by atoms with Gasteiger partial charge in [-0.05, 0) is 44.8 Å². The van der Waals surface area contributed by atoms with Crippen LogP contribution in [-0.2, 0) is 10.3 Å². The Morgan fingerprint density at radius 3 is 2.50 bits per heavy atom. The van der Waals surface area contributed by atoms with Crippen LogP contribution in [0.2, 0.25) is 0 Å². The van der Waals surface area contributed by atoms with Gasteiger partial charge in [0.05, 0.1) is 0 Å². The molecule has 2 rings (SSSR count). The van der Waals surface area contributed by atoms with Crippen LogP contribution in [-0.4, -0.2) is 34.8 Å². The number of aromatic nitrogens is 2. The summed E-state index contributed by atoms with van der Waals surface area (Å²) in [4.78, 5) is 12.7. The second-order valence-corrected chi connectivity index (χ2v) is 5.74. The first-order valence-corrected chi connectivity index (χ1v) is 7.08. The van der Waals surface area contributed by atoms with Gasteiger partial charge in [-0.1, -0.05) is 13.8 Å². The van der Waals surface area contributed by atoms with Crippen LogP contribution in [0.4, 0.5) is 0 Å². The van der Waals surface area contributed by atoms with Crippen molar-refractivity contribution >= 4 is 18.3 Å². The molecule has 1 fully saturated rings. The van der Waals surface area contributed by atoms with Crippen LogP contribution in [0, 0.1) is 5.92 Å². The van der Waals surface area contributed by atoms with Gasteiger partial charge in [0.15, 0.2) is 0 Å². The van der Waals surface area contributed by atoms with Crippen molar-refractivity contribution in [1.29, 1.82) is 0 Å². The number of hydrogen-bond acceptors (Lipinski definition) is 3. The number of nitrogens with zero attached hydrogens (tertiary/aromatic N) is 2. The monoisotopic (exact) mass is 300 g/mol. The molecule has 0 spiro atoms. The molecule has 6 heteroatoms. The fourth-order valence-corrected chi connectivity index (χ4v) is 2.43. The predicted molar refractivity (Wildman–Crippen MR) is 82.0 cm³/mol. The van der Waals surface area contributed by atoms with E-state index >= 15 is 0 Å². The fraction of sp³-hybridized carbons (Fsp3) is 0.714. The zero-order valence-corrected chi connectivity index (χ0v) is 13.2. The van der Waals surface area contributed by atoms with Gasteiger partial charge in [0.1, 0.15) is 5.54 Å². The Balaban J connectivity index is 0.00000200. The predicted octanol–water partition coefficient (Wildman–Crippen LogP) is 1.54. The van der Waals surface area contributed by atoms with Gasteiger partial charge < -0.3 is 10.6 Å². The second-order valence-electron chi connectivity index (χ2n) is 5.74. The van der Waals surface area contributed by atoms with Crippen molar-refractivity contribution in [1.82, 2.24) is 20.4 Å². The highest BCUT2D eigenvalue weighted by atomic mass is 35.5. The Morgan fingerprint density at radius 2 is 2.00 bits per heavy atom. The van der Waals surface area contributed by atoms with Crippen LogP contribution in [0.5, 0.6) is 0 Å². The molecule has 20 heavy (non-hydrogen) atoms. The highest BCUT2D eigenvalue weighted by molar-refractivity contribution is 5.85. The van der Waals surface area contributed by atoms with E-state index in [1.165, 1.54) is 0 Å². The highest BCUT2D eigenvalue weighted by Crippen LogP contribution is 2.27. The summed E-state index contributed by atoms with van der Waals surface area (Å²) >= 11 is 0. The number of halogens is 1. The first-order valence-electron chi connectivity index (χ1n) is 7.08. The van der Waals surface area contributed by atoms with Crippen molar-refractivity contribution in [2.75, 3.05) is 13.1 Å². The Labute approximate surface area is 126 Å². The summed E-state index contributed by atoms with van der Waals surface area (Å²) < 4.78 is 1.83. The van der Waals surface area contributed by atoms with Crippen LogP contribution in [0.15, 0.2) is 18.5 Å². The van der Waals surface area contributed by atoms with E-state index < -0.39 is 5.54 Å². The van der Waals surface area contributed by atoms with E-state index in [0.29, 0.717) is 5.92 Å². The second kappa shape index (κ2) is 7.09. The van der Waals surface area contributed by atoms with Crippen LogP contribution in [0.3, 0.4) is 0 Å². The van der Waals surface area contributed by atoms with Crippen molar-refractivity contribution < 1.29 is 4.79 Å². The quantitative estimate of drug-likeness (QED) is 0.887. The largest absolute Gasteiger partial charge is 0.351 e. The smallest absolute Gasteiger partial charge is 0.248 e. The summed E-state index contributed by atoms with van der Waals surface area (Å²) in [5, 5.41) is 10.8. The molecule has 1 aliphatic heterocycles. The molecule has 1 saturated heterocycles. The lowest BCUT2D eigenvalue weighted by Gasteiger charge is -2.37. The molecule has 1 aliphatic rings. The molecule has 1 aromatic heterocycles. The molecule has 2 heterocycles. The SMILES string of the molecule is CC(C)C(C)NC(=O)C1(n2cccn2)CCNCC1.Cl. The lowest BCUT2D eigenvalue weighted by atomic mass is 9.86. The molecule has 1 amide bonds.